The maximum Gasteiger partial charge on any atom is 0.298 e. The lowest BCUT2D eigenvalue weighted by Crippen LogP contribution is -2.38. The molecule has 2 heterocycles. The van der Waals surface area contributed by atoms with Crippen molar-refractivity contribution in [1.29, 1.82) is 0 Å². The van der Waals surface area contributed by atoms with E-state index in [1.807, 2.05) is 19.1 Å². The smallest absolute Gasteiger partial charge is 0.298 e. The molecule has 0 aliphatic rings. The van der Waals surface area contributed by atoms with E-state index in [2.05, 4.69) is 23.9 Å². The molecule has 0 atom stereocenters. The number of carbonyl (C=O) groups excluding carboxylic acids is 1. The third kappa shape index (κ3) is 4.60. The van der Waals surface area contributed by atoms with Gasteiger partial charge in [0.1, 0.15) is 0 Å². The minimum Gasteiger partial charge on any atom is -0.351 e. The van der Waals surface area contributed by atoms with Crippen LogP contribution in [-0.2, 0) is 0 Å². The molecule has 0 fully saturated rings. The first-order chi connectivity index (χ1) is 12.5. The van der Waals surface area contributed by atoms with Crippen LogP contribution in [0.4, 0.5) is 5.13 Å². The van der Waals surface area contributed by atoms with Crippen molar-refractivity contribution in [2.45, 2.75) is 20.8 Å². The quantitative estimate of drug-likeness (QED) is 0.547. The van der Waals surface area contributed by atoms with Crippen molar-refractivity contribution in [2.75, 3.05) is 31.1 Å². The molecule has 9 heteroatoms. The molecule has 0 saturated carbocycles. The highest BCUT2D eigenvalue weighted by Crippen LogP contribution is 2.36. The summed E-state index contributed by atoms with van der Waals surface area (Å²) in [7, 11) is 0. The largest absolute Gasteiger partial charge is 0.351 e. The van der Waals surface area contributed by atoms with Crippen molar-refractivity contribution in [3.63, 3.8) is 0 Å². The highest BCUT2D eigenvalue weighted by Gasteiger charge is 2.25. The molecular weight excluding hydrogens is 407 g/mol. The van der Waals surface area contributed by atoms with Gasteiger partial charge in [0.25, 0.3) is 5.91 Å². The molecule has 0 saturated heterocycles. The standard InChI is InChI=1S/C18H21ClN4O2S.ClH/c1-4-22(5-2)10-11-23(17(24)14-8-9-20-25-14)18-21-15-12(3)6-7-13(19)16(15)26-18;/h6-9H,4-5,10-11H2,1-3H3;1H. The van der Waals surface area contributed by atoms with Crippen LogP contribution in [0.2, 0.25) is 5.02 Å². The number of halogens is 2. The molecule has 0 bridgehead atoms. The number of nitrogens with zero attached hydrogens (tertiary/aromatic N) is 4. The summed E-state index contributed by atoms with van der Waals surface area (Å²) in [5.41, 5.74) is 1.86. The fraction of sp³-hybridized carbons (Fsp3) is 0.389. The van der Waals surface area contributed by atoms with E-state index in [1.54, 1.807) is 11.0 Å². The molecule has 146 valence electrons. The topological polar surface area (TPSA) is 62.5 Å². The predicted molar refractivity (Wildman–Crippen MR) is 113 cm³/mol. The van der Waals surface area contributed by atoms with Crippen molar-refractivity contribution in [1.82, 2.24) is 15.0 Å². The molecule has 0 aliphatic heterocycles. The SMILES string of the molecule is CCN(CC)CCN(C(=O)c1ccno1)c1nc2c(C)ccc(Cl)c2s1.Cl. The lowest BCUT2D eigenvalue weighted by atomic mass is 10.2. The zero-order valence-corrected chi connectivity index (χ0v) is 17.8. The van der Waals surface area contributed by atoms with Crippen LogP contribution in [0.3, 0.4) is 0 Å². The molecule has 6 nitrogen and oxygen atoms in total. The van der Waals surface area contributed by atoms with E-state index < -0.39 is 0 Å². The van der Waals surface area contributed by atoms with Gasteiger partial charge in [-0.1, -0.05) is 48.0 Å². The zero-order valence-electron chi connectivity index (χ0n) is 15.4. The summed E-state index contributed by atoms with van der Waals surface area (Å²) in [5.74, 6) is -0.0471. The fourth-order valence-corrected chi connectivity index (χ4v) is 4.07. The van der Waals surface area contributed by atoms with E-state index in [0.717, 1.165) is 35.4 Å². The molecule has 3 rings (SSSR count). The van der Waals surface area contributed by atoms with Gasteiger partial charge in [0.15, 0.2) is 5.13 Å². The number of hydrogen-bond acceptors (Lipinski definition) is 6. The average molecular weight is 429 g/mol. The van der Waals surface area contributed by atoms with E-state index in [1.165, 1.54) is 17.5 Å². The number of hydrogen-bond donors (Lipinski definition) is 0. The second-order valence-corrected chi connectivity index (χ2v) is 7.28. The molecule has 1 aromatic carbocycles. The van der Waals surface area contributed by atoms with Crippen molar-refractivity contribution >= 4 is 56.6 Å². The van der Waals surface area contributed by atoms with Crippen LogP contribution in [0.15, 0.2) is 28.9 Å². The number of fused-ring (bicyclic) bond motifs is 1. The highest BCUT2D eigenvalue weighted by atomic mass is 35.5. The van der Waals surface area contributed by atoms with Gasteiger partial charge < -0.3 is 9.42 Å². The number of aromatic nitrogens is 2. The Balaban J connectivity index is 0.00000261. The van der Waals surface area contributed by atoms with E-state index in [0.29, 0.717) is 16.7 Å². The van der Waals surface area contributed by atoms with Gasteiger partial charge in [0.2, 0.25) is 5.76 Å². The van der Waals surface area contributed by atoms with E-state index >= 15 is 0 Å². The Morgan fingerprint density at radius 1 is 1.22 bits per heavy atom. The van der Waals surface area contributed by atoms with Crippen molar-refractivity contribution in [3.05, 3.63) is 40.7 Å². The van der Waals surface area contributed by atoms with Crippen molar-refractivity contribution in [3.8, 4) is 0 Å². The summed E-state index contributed by atoms with van der Waals surface area (Å²) in [6.45, 7) is 9.30. The van der Waals surface area contributed by atoms with E-state index in [-0.39, 0.29) is 24.1 Å². The molecule has 0 N–H and O–H groups in total. The first kappa shape index (κ1) is 21.6. The minimum atomic E-state index is -0.248. The number of likely N-dealkylation sites (N-methyl/N-ethyl adjacent to an activating group) is 1. The van der Waals surface area contributed by atoms with Crippen LogP contribution < -0.4 is 4.90 Å². The molecule has 3 aromatic rings. The Hall–Kier alpha value is -1.67. The Labute approximate surface area is 173 Å². The highest BCUT2D eigenvalue weighted by molar-refractivity contribution is 7.23. The Kier molecular flexibility index (Phi) is 7.61. The molecule has 27 heavy (non-hydrogen) atoms. The lowest BCUT2D eigenvalue weighted by molar-refractivity contribution is 0.0948. The number of aryl methyl sites for hydroxylation is 1. The van der Waals surface area contributed by atoms with Gasteiger partial charge in [-0.2, -0.15) is 0 Å². The van der Waals surface area contributed by atoms with Crippen LogP contribution >= 0.6 is 35.3 Å². The molecule has 0 aliphatic carbocycles. The number of anilines is 1. The van der Waals surface area contributed by atoms with Crippen LogP contribution in [0.1, 0.15) is 30.0 Å². The van der Waals surface area contributed by atoms with Gasteiger partial charge in [-0.05, 0) is 31.6 Å². The Morgan fingerprint density at radius 3 is 2.56 bits per heavy atom. The van der Waals surface area contributed by atoms with Gasteiger partial charge in [0.05, 0.1) is 21.4 Å². The first-order valence-electron chi connectivity index (χ1n) is 8.55. The predicted octanol–water partition coefficient (Wildman–Crippen LogP) is 4.66. The van der Waals surface area contributed by atoms with Crippen LogP contribution in [0.5, 0.6) is 0 Å². The van der Waals surface area contributed by atoms with Gasteiger partial charge in [-0.3, -0.25) is 9.69 Å². The monoisotopic (exact) mass is 428 g/mol. The van der Waals surface area contributed by atoms with Gasteiger partial charge in [-0.25, -0.2) is 4.98 Å². The maximum atomic E-state index is 12.9. The Bertz CT molecular complexity index is 855. The second-order valence-electron chi connectivity index (χ2n) is 5.90. The van der Waals surface area contributed by atoms with Crippen molar-refractivity contribution < 1.29 is 9.32 Å². The summed E-state index contributed by atoms with van der Waals surface area (Å²) < 4.78 is 5.96. The summed E-state index contributed by atoms with van der Waals surface area (Å²) in [5, 5.41) is 4.91. The normalized spacial score (nSPS) is 11.0. The molecule has 0 radical (unpaired) electrons. The second kappa shape index (κ2) is 9.50. The number of benzene rings is 1. The fourth-order valence-electron chi connectivity index (χ4n) is 2.73. The van der Waals surface area contributed by atoms with Crippen LogP contribution in [0.25, 0.3) is 10.2 Å². The van der Waals surface area contributed by atoms with E-state index in [4.69, 9.17) is 21.1 Å². The maximum absolute atomic E-state index is 12.9. The zero-order chi connectivity index (χ0) is 18.7. The molecular formula is C18H22Cl2N4O2S. The van der Waals surface area contributed by atoms with Crippen LogP contribution in [-0.4, -0.2) is 47.1 Å². The molecule has 2 aromatic heterocycles. The lowest BCUT2D eigenvalue weighted by Gasteiger charge is -2.23. The number of rotatable bonds is 7. The van der Waals surface area contributed by atoms with E-state index in [9.17, 15) is 4.79 Å². The average Bonchev–Trinajstić information content (AvgIpc) is 3.32. The van der Waals surface area contributed by atoms with Crippen LogP contribution in [0, 0.1) is 6.92 Å². The number of thiazole rings is 1. The number of amides is 1. The third-order valence-electron chi connectivity index (χ3n) is 4.34. The molecule has 1 amide bonds. The molecule has 0 spiro atoms. The van der Waals surface area contributed by atoms with Gasteiger partial charge >= 0.3 is 0 Å². The summed E-state index contributed by atoms with van der Waals surface area (Å²) >= 11 is 7.75. The summed E-state index contributed by atoms with van der Waals surface area (Å²) in [4.78, 5) is 21.6. The first-order valence-corrected chi connectivity index (χ1v) is 9.75. The Morgan fingerprint density at radius 2 is 1.96 bits per heavy atom. The minimum absolute atomic E-state index is 0. The summed E-state index contributed by atoms with van der Waals surface area (Å²) in [6, 6.07) is 5.37. The summed E-state index contributed by atoms with van der Waals surface area (Å²) in [6.07, 6.45) is 1.47. The van der Waals surface area contributed by atoms with Crippen molar-refractivity contribution in [2.24, 2.45) is 0 Å². The van der Waals surface area contributed by atoms with Gasteiger partial charge in [-0.15, -0.1) is 12.4 Å². The van der Waals surface area contributed by atoms with Gasteiger partial charge in [0, 0.05) is 19.2 Å². The molecule has 0 unspecified atom stereocenters. The third-order valence-corrected chi connectivity index (χ3v) is 5.88. The number of carbonyl (C=O) groups is 1.